The summed E-state index contributed by atoms with van der Waals surface area (Å²) in [6, 6.07) is 5.05. The van der Waals surface area contributed by atoms with E-state index in [-0.39, 0.29) is 24.8 Å². The molecular formula is C20H25F3N2O4. The molecule has 0 atom stereocenters. The Balaban J connectivity index is 0.000000265. The minimum atomic E-state index is -4.21. The molecule has 1 aromatic rings. The fourth-order valence-corrected chi connectivity index (χ4v) is 2.76. The second kappa shape index (κ2) is 11.9. The predicted molar refractivity (Wildman–Crippen MR) is 101 cm³/mol. The molecule has 1 N–H and O–H groups in total. The van der Waals surface area contributed by atoms with E-state index in [0.717, 1.165) is 50.0 Å². The Kier molecular flexibility index (Phi) is 9.91. The van der Waals surface area contributed by atoms with Gasteiger partial charge in [-0.05, 0) is 44.4 Å². The van der Waals surface area contributed by atoms with Crippen LogP contribution < -0.4 is 0 Å². The Morgan fingerprint density at radius 2 is 1.69 bits per heavy atom. The third-order valence-corrected chi connectivity index (χ3v) is 4.30. The molecule has 9 heteroatoms. The van der Waals surface area contributed by atoms with Crippen molar-refractivity contribution in [2.45, 2.75) is 32.4 Å². The molecule has 29 heavy (non-hydrogen) atoms. The molecule has 1 aromatic carbocycles. The van der Waals surface area contributed by atoms with Gasteiger partial charge in [0.1, 0.15) is 6.54 Å². The maximum absolute atomic E-state index is 11.9. The van der Waals surface area contributed by atoms with Crippen LogP contribution in [0.4, 0.5) is 13.2 Å². The third-order valence-electron chi connectivity index (χ3n) is 4.30. The van der Waals surface area contributed by atoms with E-state index >= 15 is 0 Å². The first-order chi connectivity index (χ1) is 13.7. The minimum Gasteiger partial charge on any atom is -0.483 e. The van der Waals surface area contributed by atoms with Gasteiger partial charge in [0.15, 0.2) is 0 Å². The van der Waals surface area contributed by atoms with Gasteiger partial charge in [0.25, 0.3) is 6.47 Å². The van der Waals surface area contributed by atoms with Gasteiger partial charge in [-0.3, -0.25) is 14.4 Å². The van der Waals surface area contributed by atoms with Gasteiger partial charge in [0.2, 0.25) is 11.8 Å². The zero-order valence-electron chi connectivity index (χ0n) is 16.2. The molecule has 2 aliphatic rings. The lowest BCUT2D eigenvalue weighted by Gasteiger charge is -2.25. The molecule has 0 unspecified atom stereocenters. The Labute approximate surface area is 167 Å². The quantitative estimate of drug-likeness (QED) is 0.755. The van der Waals surface area contributed by atoms with Crippen LogP contribution in [0.1, 0.15) is 30.4 Å². The van der Waals surface area contributed by atoms with Crippen molar-refractivity contribution in [2.24, 2.45) is 0 Å². The van der Waals surface area contributed by atoms with Crippen molar-refractivity contribution >= 4 is 18.3 Å². The van der Waals surface area contributed by atoms with Gasteiger partial charge in [-0.2, -0.15) is 13.2 Å². The molecule has 0 radical (unpaired) electrons. The molecule has 0 aliphatic carbocycles. The van der Waals surface area contributed by atoms with Crippen LogP contribution in [0.3, 0.4) is 0 Å². The zero-order valence-corrected chi connectivity index (χ0v) is 16.2. The fourth-order valence-electron chi connectivity index (χ4n) is 2.76. The van der Waals surface area contributed by atoms with E-state index in [9.17, 15) is 22.8 Å². The van der Waals surface area contributed by atoms with Crippen LogP contribution in [0.25, 0.3) is 0 Å². The minimum absolute atomic E-state index is 0.0335. The van der Waals surface area contributed by atoms with Crippen molar-refractivity contribution in [1.29, 1.82) is 0 Å². The highest BCUT2D eigenvalue weighted by Crippen LogP contribution is 2.28. The van der Waals surface area contributed by atoms with Crippen LogP contribution in [0.15, 0.2) is 36.4 Å². The normalized spacial score (nSPS) is 15.8. The van der Waals surface area contributed by atoms with E-state index in [1.165, 1.54) is 12.1 Å². The Morgan fingerprint density at radius 1 is 1.14 bits per heavy atom. The first kappa shape index (κ1) is 24.2. The largest absolute Gasteiger partial charge is 0.483 e. The molecule has 3 rings (SSSR count). The number of hydrogen-bond donors (Lipinski definition) is 1. The van der Waals surface area contributed by atoms with Crippen molar-refractivity contribution in [3.63, 3.8) is 0 Å². The van der Waals surface area contributed by atoms with Crippen molar-refractivity contribution < 1.29 is 32.7 Å². The van der Waals surface area contributed by atoms with Crippen molar-refractivity contribution in [2.75, 3.05) is 26.2 Å². The van der Waals surface area contributed by atoms with Gasteiger partial charge in [0.05, 0.1) is 5.56 Å². The summed E-state index contributed by atoms with van der Waals surface area (Å²) in [4.78, 5) is 35.0. The monoisotopic (exact) mass is 414 g/mol. The van der Waals surface area contributed by atoms with Crippen LogP contribution >= 0.6 is 0 Å². The average Bonchev–Trinajstić information content (AvgIpc) is 3.19. The number of carbonyl (C=O) groups excluding carboxylic acids is 2. The second-order valence-electron chi connectivity index (χ2n) is 6.51. The van der Waals surface area contributed by atoms with E-state index in [1.54, 1.807) is 17.9 Å². The molecule has 2 heterocycles. The lowest BCUT2D eigenvalue weighted by molar-refractivity contribution is -0.137. The van der Waals surface area contributed by atoms with Crippen molar-refractivity contribution in [1.82, 2.24) is 9.80 Å². The number of carboxylic acid groups (broad SMARTS) is 1. The van der Waals surface area contributed by atoms with Crippen molar-refractivity contribution in [3.8, 4) is 0 Å². The Hall–Kier alpha value is -2.84. The summed E-state index contributed by atoms with van der Waals surface area (Å²) < 4.78 is 35.8. The number of rotatable bonds is 2. The first-order valence-corrected chi connectivity index (χ1v) is 9.14. The molecule has 1 saturated heterocycles. The molecule has 160 valence electrons. The molecule has 2 amide bonds. The van der Waals surface area contributed by atoms with E-state index in [1.807, 2.05) is 11.0 Å². The molecule has 2 aliphatic heterocycles. The predicted octanol–water partition coefficient (Wildman–Crippen LogP) is 3.11. The van der Waals surface area contributed by atoms with E-state index in [2.05, 4.69) is 0 Å². The van der Waals surface area contributed by atoms with Gasteiger partial charge in [-0.25, -0.2) is 0 Å². The number of benzene rings is 1. The van der Waals surface area contributed by atoms with Crippen LogP contribution in [-0.4, -0.2) is 59.4 Å². The van der Waals surface area contributed by atoms with Crippen molar-refractivity contribution in [3.05, 3.63) is 47.5 Å². The smallest absolute Gasteiger partial charge is 0.416 e. The SMILES string of the molecule is Cc1ccc(C(F)(F)F)cc1.O=C1C=CCCN1CC(=O)N1CCCC1.O=CO. The average molecular weight is 414 g/mol. The van der Waals surface area contributed by atoms with E-state index in [4.69, 9.17) is 9.90 Å². The summed E-state index contributed by atoms with van der Waals surface area (Å²) in [6.07, 6.45) is 2.26. The lowest BCUT2D eigenvalue weighted by Crippen LogP contribution is -2.42. The highest BCUT2D eigenvalue weighted by atomic mass is 19.4. The Bertz CT molecular complexity index is 697. The molecule has 0 spiro atoms. The van der Waals surface area contributed by atoms with Crippen LogP contribution in [0, 0.1) is 6.92 Å². The molecule has 0 aromatic heterocycles. The van der Waals surface area contributed by atoms with Gasteiger partial charge in [0, 0.05) is 19.6 Å². The fraction of sp³-hybridized carbons (Fsp3) is 0.450. The maximum atomic E-state index is 11.9. The van der Waals surface area contributed by atoms with Crippen LogP contribution in [-0.2, 0) is 20.6 Å². The standard InChI is InChI=1S/C11H16N2O2.C8H7F3.CH2O2/c14-10-5-1-2-8-13(10)9-11(15)12-6-3-4-7-12;1-6-2-4-7(5-3-6)8(9,10)11;2-1-3/h1,5H,2-4,6-9H2;2-5H,1H3;1H,(H,2,3). The number of halogens is 3. The summed E-state index contributed by atoms with van der Waals surface area (Å²) in [7, 11) is 0. The lowest BCUT2D eigenvalue weighted by atomic mass is 10.1. The van der Waals surface area contributed by atoms with Crippen LogP contribution in [0.5, 0.6) is 0 Å². The molecule has 1 fully saturated rings. The molecule has 0 bridgehead atoms. The number of aryl methyl sites for hydroxylation is 1. The topological polar surface area (TPSA) is 77.9 Å². The molecule has 0 saturated carbocycles. The number of nitrogens with zero attached hydrogens (tertiary/aromatic N) is 2. The summed E-state index contributed by atoms with van der Waals surface area (Å²) in [6.45, 7) is 4.14. The third kappa shape index (κ3) is 8.80. The van der Waals surface area contributed by atoms with Gasteiger partial charge < -0.3 is 14.9 Å². The van der Waals surface area contributed by atoms with E-state index < -0.39 is 11.7 Å². The summed E-state index contributed by atoms with van der Waals surface area (Å²) in [5, 5.41) is 6.89. The second-order valence-corrected chi connectivity index (χ2v) is 6.51. The van der Waals surface area contributed by atoms with Crippen LogP contribution in [0.2, 0.25) is 0 Å². The van der Waals surface area contributed by atoms with Gasteiger partial charge >= 0.3 is 6.18 Å². The highest BCUT2D eigenvalue weighted by Gasteiger charge is 2.29. The Morgan fingerprint density at radius 3 is 2.17 bits per heavy atom. The van der Waals surface area contributed by atoms with E-state index in [0.29, 0.717) is 6.54 Å². The molecular weight excluding hydrogens is 389 g/mol. The number of likely N-dealkylation sites (tertiary alicyclic amines) is 1. The number of alkyl halides is 3. The summed E-state index contributed by atoms with van der Waals surface area (Å²) in [5.74, 6) is 0.0601. The zero-order chi connectivity index (χ0) is 21.9. The number of hydrogen-bond acceptors (Lipinski definition) is 3. The number of amides is 2. The maximum Gasteiger partial charge on any atom is 0.416 e. The van der Waals surface area contributed by atoms with Gasteiger partial charge in [-0.15, -0.1) is 0 Å². The highest BCUT2D eigenvalue weighted by molar-refractivity contribution is 5.92. The number of carbonyl (C=O) groups is 3. The summed E-state index contributed by atoms with van der Waals surface area (Å²) >= 11 is 0. The molecule has 6 nitrogen and oxygen atoms in total. The summed E-state index contributed by atoms with van der Waals surface area (Å²) in [5.41, 5.74) is 0.237. The first-order valence-electron chi connectivity index (χ1n) is 9.14. The van der Waals surface area contributed by atoms with Gasteiger partial charge in [-0.1, -0.05) is 23.8 Å².